The maximum Gasteiger partial charge on any atom is 0.335 e. The Morgan fingerprint density at radius 1 is 0.664 bits per heavy atom. The van der Waals surface area contributed by atoms with Gasteiger partial charge < -0.3 is 114 Å². The maximum absolute atomic E-state index is 15.1. The van der Waals surface area contributed by atoms with Crippen LogP contribution in [0.3, 0.4) is 0 Å². The average molecular weight is 1560 g/mol. The molecule has 0 radical (unpaired) electrons. The smallest absolute Gasteiger partial charge is 0.335 e. The zero-order valence-corrected chi connectivity index (χ0v) is 61.6. The number of carbonyl (C=O) groups is 19. The summed E-state index contributed by atoms with van der Waals surface area (Å²) >= 11 is 0. The van der Waals surface area contributed by atoms with Crippen molar-refractivity contribution in [1.29, 1.82) is 0 Å². The molecule has 0 spiro atoms. The number of fused-ring (bicyclic) bond motifs is 1. The predicted molar refractivity (Wildman–Crippen MR) is 378 cm³/mol. The van der Waals surface area contributed by atoms with Gasteiger partial charge in [-0.1, -0.05) is 77.8 Å². The molecule has 41 nitrogen and oxygen atoms in total. The largest absolute Gasteiger partial charge is 0.508 e. The number of aliphatic hydroxyl groups is 2. The summed E-state index contributed by atoms with van der Waals surface area (Å²) in [5.41, 5.74) is 0.144. The van der Waals surface area contributed by atoms with E-state index in [9.17, 15) is 122 Å². The van der Waals surface area contributed by atoms with Crippen LogP contribution in [0.5, 0.6) is 5.75 Å². The molecular formula is C69H99N13O28. The van der Waals surface area contributed by atoms with E-state index >= 15 is 9.59 Å². The molecule has 13 amide bonds. The van der Waals surface area contributed by atoms with Crippen molar-refractivity contribution in [2.45, 2.75) is 198 Å². The number of amides is 13. The average Bonchev–Trinajstić information content (AvgIpc) is 1.56. The summed E-state index contributed by atoms with van der Waals surface area (Å²) in [5.74, 6) is -28.5. The number of carboxylic acids is 5. The van der Waals surface area contributed by atoms with Gasteiger partial charge in [0.05, 0.1) is 25.4 Å². The minimum Gasteiger partial charge on any atom is -0.508 e. The number of carboxylic acid groups (broad SMARTS) is 5. The molecule has 0 unspecified atom stereocenters. The quantitative estimate of drug-likeness (QED) is 0.0177. The monoisotopic (exact) mass is 1560 g/mol. The van der Waals surface area contributed by atoms with Gasteiger partial charge in [-0.25, -0.2) is 9.59 Å². The number of allylic oxidation sites excluding steroid dienone is 3. The van der Waals surface area contributed by atoms with Crippen molar-refractivity contribution < 1.29 is 137 Å². The van der Waals surface area contributed by atoms with Crippen molar-refractivity contribution in [3.05, 3.63) is 54.1 Å². The van der Waals surface area contributed by atoms with Gasteiger partial charge in [0, 0.05) is 51.9 Å². The molecule has 2 heterocycles. The Balaban J connectivity index is 2.22. The Hall–Kier alpha value is -11.6. The number of aliphatic hydroxyl groups excluding tert-OH is 2. The lowest BCUT2D eigenvalue weighted by molar-refractivity contribution is -0.157. The number of rotatable bonds is 33. The fraction of sp³-hybridized carbons (Fsp3) is 0.580. The van der Waals surface area contributed by atoms with Gasteiger partial charge in [-0.15, -0.1) is 0 Å². The third kappa shape index (κ3) is 31.7. The summed E-state index contributed by atoms with van der Waals surface area (Å²) < 4.78 is 5.59. The fourth-order valence-electron chi connectivity index (χ4n) is 10.9. The second-order valence-corrected chi connectivity index (χ2v) is 26.5. The highest BCUT2D eigenvalue weighted by atomic mass is 16.5. The molecule has 2 aliphatic heterocycles. The van der Waals surface area contributed by atoms with Crippen LogP contribution in [0.2, 0.25) is 0 Å². The zero-order valence-electron chi connectivity index (χ0n) is 61.6. The van der Waals surface area contributed by atoms with Gasteiger partial charge in [0.15, 0.2) is 12.2 Å². The van der Waals surface area contributed by atoms with Crippen LogP contribution in [0.25, 0.3) is 0 Å². The van der Waals surface area contributed by atoms with Crippen LogP contribution < -0.4 is 58.5 Å². The van der Waals surface area contributed by atoms with Crippen molar-refractivity contribution in [2.24, 2.45) is 17.8 Å². The Labute approximate surface area is 630 Å². The molecule has 1 aromatic carbocycles. The standard InChI is InChI=1S/C69H99N13O28/c1-8-34(3)15-12-10-11-13-17-47(85)70-30-36(5)58(96)71-31-48(86)73-40(22-24-50(88)89)59(97)75-42(27-38-18-20-39(83)21-19-38)61(99)79-55-37(6)110-53(94)33-81(7)66(104)44(28-46(84)68(106)107)77-60(98)41(23-25-51(90)91)74-49(87)32-72-63(101)45-16-14-26-82(45)67(105)56(57(95)69(108)109)80-62(100)43(29-52(92)93)76-64(102)54(35(4)9-2)78-65(55)103/h10-11,13,17-21,34-37,40-46,54-57,83-84,95H,8-9,12,14-16,22-33H2,1-7H3,(H,70,85)(H,71,96)(H,72,101)(H,73,86)(H,74,87)(H,75,97)(H,76,102)(H,77,98)(H,78,103)(H,79,99)(H,80,100)(H,88,89)(H,90,91)(H,92,93)(H,106,107)(H,108,109)/b11-10+,17-13-/t34-,35+,36+,37+,40+,41+,42-,43-,44-,45-,46+,54+,55-,56-,57+/m0/s1. The molecule has 1 aromatic rings. The molecule has 0 aliphatic carbocycles. The van der Waals surface area contributed by atoms with Gasteiger partial charge in [-0.05, 0) is 75.0 Å². The molecule has 0 aromatic heterocycles. The lowest BCUT2D eigenvalue weighted by Crippen LogP contribution is -2.64. The lowest BCUT2D eigenvalue weighted by atomic mass is 9.96. The van der Waals surface area contributed by atoms with Crippen LogP contribution in [-0.2, 0) is 102 Å². The second kappa shape index (κ2) is 45.9. The first-order chi connectivity index (χ1) is 51.7. The maximum atomic E-state index is 15.1. The van der Waals surface area contributed by atoms with Crippen LogP contribution in [0.15, 0.2) is 48.6 Å². The van der Waals surface area contributed by atoms with E-state index in [1.54, 1.807) is 6.08 Å². The van der Waals surface area contributed by atoms with Gasteiger partial charge in [-0.2, -0.15) is 0 Å². The number of aromatic hydroxyl groups is 1. The number of hydrogen-bond acceptors (Lipinski definition) is 23. The normalized spacial score (nSPS) is 22.3. The number of nitrogens with one attached hydrogen (secondary N) is 11. The summed E-state index contributed by atoms with van der Waals surface area (Å²) in [6.07, 6.45) is -4.80. The van der Waals surface area contributed by atoms with Gasteiger partial charge in [0.1, 0.15) is 72.8 Å². The second-order valence-electron chi connectivity index (χ2n) is 26.5. The first-order valence-electron chi connectivity index (χ1n) is 35.3. The molecule has 19 N–H and O–H groups in total. The third-order valence-corrected chi connectivity index (χ3v) is 17.7. The number of nitrogens with zero attached hydrogens (tertiary/aromatic N) is 2. The minimum absolute atomic E-state index is 0.0194. The van der Waals surface area contributed by atoms with Crippen LogP contribution in [0.4, 0.5) is 0 Å². The number of ether oxygens (including phenoxy) is 1. The van der Waals surface area contributed by atoms with E-state index in [1.807, 2.05) is 11.4 Å². The number of aliphatic carboxylic acids is 5. The van der Waals surface area contributed by atoms with E-state index in [0.29, 0.717) is 15.7 Å². The molecule has 0 bridgehead atoms. The number of cyclic esters (lactones) is 1. The summed E-state index contributed by atoms with van der Waals surface area (Å²) in [5, 5.41) is 105. The highest BCUT2D eigenvalue weighted by molar-refractivity contribution is 6.01. The number of carbonyl (C=O) groups excluding carboxylic acids is 14. The molecular weight excluding hydrogens is 1460 g/mol. The summed E-state index contributed by atoms with van der Waals surface area (Å²) in [7, 11) is 0.886. The van der Waals surface area contributed by atoms with Gasteiger partial charge in [0.25, 0.3) is 0 Å². The molecule has 2 saturated heterocycles. The molecule has 2 fully saturated rings. The summed E-state index contributed by atoms with van der Waals surface area (Å²) in [6, 6.07) is -13.9. The summed E-state index contributed by atoms with van der Waals surface area (Å²) in [4.78, 5) is 258. The van der Waals surface area contributed by atoms with E-state index in [0.717, 1.165) is 45.4 Å². The van der Waals surface area contributed by atoms with Gasteiger partial charge in [-0.3, -0.25) is 81.5 Å². The van der Waals surface area contributed by atoms with Crippen LogP contribution in [-0.4, -0.2) is 276 Å². The molecule has 15 atom stereocenters. The molecule has 110 heavy (non-hydrogen) atoms. The molecule has 608 valence electrons. The van der Waals surface area contributed by atoms with E-state index in [4.69, 9.17) is 4.74 Å². The number of likely N-dealkylation sites (N-methyl/N-ethyl adjacent to an activating group) is 1. The van der Waals surface area contributed by atoms with Crippen molar-refractivity contribution >= 4 is 113 Å². The van der Waals surface area contributed by atoms with Crippen LogP contribution in [0, 0.1) is 17.8 Å². The van der Waals surface area contributed by atoms with Crippen molar-refractivity contribution in [2.75, 3.05) is 39.8 Å². The van der Waals surface area contributed by atoms with E-state index in [-0.39, 0.29) is 43.7 Å². The van der Waals surface area contributed by atoms with E-state index < -0.39 is 262 Å². The highest BCUT2D eigenvalue weighted by Crippen LogP contribution is 2.21. The third-order valence-electron chi connectivity index (χ3n) is 17.7. The fourth-order valence-corrected chi connectivity index (χ4v) is 10.9. The molecule has 41 heteroatoms. The Morgan fingerprint density at radius 2 is 1.30 bits per heavy atom. The van der Waals surface area contributed by atoms with E-state index in [2.05, 4.69) is 67.0 Å². The minimum atomic E-state index is -2.87. The van der Waals surface area contributed by atoms with Crippen molar-refractivity contribution in [3.8, 4) is 5.75 Å². The highest BCUT2D eigenvalue weighted by Gasteiger charge is 2.45. The molecule has 2 aliphatic rings. The number of phenolic OH excluding ortho intramolecular Hbond substituents is 1. The first-order valence-corrected chi connectivity index (χ1v) is 35.3. The van der Waals surface area contributed by atoms with Gasteiger partial charge >= 0.3 is 35.8 Å². The van der Waals surface area contributed by atoms with Crippen molar-refractivity contribution in [1.82, 2.24) is 68.3 Å². The number of phenols is 1. The zero-order chi connectivity index (χ0) is 82.8. The van der Waals surface area contributed by atoms with Crippen molar-refractivity contribution in [3.63, 3.8) is 0 Å². The Bertz CT molecular complexity index is 3570. The first kappa shape index (κ1) is 92.6. The topological polar surface area (TPSA) is 634 Å². The van der Waals surface area contributed by atoms with Crippen LogP contribution in [0.1, 0.15) is 124 Å². The molecule has 3 rings (SSSR count). The van der Waals surface area contributed by atoms with Gasteiger partial charge in [0.2, 0.25) is 76.8 Å². The number of esters is 1. The SMILES string of the molecule is CC[C@H](C)CC/C=C/C=C\C(=O)NC[C@@H](C)C(=O)NCC(=O)N[C@H](CCC(=O)O)C(=O)N[C@@H](Cc1ccc(O)cc1)C(=O)N[C@@H]1C(=O)N[C@H]([C@H](C)CC)C(=O)N[C@@H](CC(=O)O)C(=O)N[C@@H]([C@@H](O)C(=O)O)C(=O)N2CCC[C@H]2C(=O)NCC(=O)N[C@H](CCC(=O)O)C(=O)N[C@@H](C[C@@H](O)C(=O)O)C(=O)N(C)CC(=O)O[C@@H]1C. The Kier molecular flexibility index (Phi) is 38.6. The van der Waals surface area contributed by atoms with E-state index in [1.165, 1.54) is 45.1 Å². The Morgan fingerprint density at radius 3 is 1.91 bits per heavy atom. The molecule has 0 saturated carbocycles. The lowest BCUT2D eigenvalue weighted by Gasteiger charge is -2.32. The summed E-state index contributed by atoms with van der Waals surface area (Å²) in [6.45, 7) is 5.72. The van der Waals surface area contributed by atoms with Crippen LogP contribution >= 0.6 is 0 Å². The predicted octanol–water partition coefficient (Wildman–Crippen LogP) is -5.34. The number of benzene rings is 1. The number of hydrogen-bond donors (Lipinski definition) is 19.